The van der Waals surface area contributed by atoms with E-state index < -0.39 is 22.0 Å². The van der Waals surface area contributed by atoms with Crippen LogP contribution in [0.5, 0.6) is 0 Å². The van der Waals surface area contributed by atoms with Gasteiger partial charge in [-0.05, 0) is 48.9 Å². The molecule has 0 aliphatic carbocycles. The van der Waals surface area contributed by atoms with Crippen LogP contribution in [0.15, 0.2) is 47.4 Å². The Morgan fingerprint density at radius 1 is 1.15 bits per heavy atom. The number of carbonyl (C=O) groups is 2. The topological polar surface area (TPSA) is 110 Å². The van der Waals surface area contributed by atoms with Crippen LogP contribution in [0.25, 0.3) is 0 Å². The standard InChI is InChI=1S/C17H16ClN3O4S/c1-10-13(18)3-2-4-15(10)21-16(22)9-14(17(21)23)20-11-5-7-12(8-6-11)26(19,24)25/h2-8,14,20H,9H2,1H3,(H2,19,24,25)/t14-/m0/s1. The highest BCUT2D eigenvalue weighted by Crippen LogP contribution is 2.31. The second kappa shape index (κ2) is 6.71. The van der Waals surface area contributed by atoms with Gasteiger partial charge in [-0.25, -0.2) is 18.5 Å². The van der Waals surface area contributed by atoms with Crippen LogP contribution in [0.3, 0.4) is 0 Å². The van der Waals surface area contributed by atoms with Crippen LogP contribution < -0.4 is 15.4 Å². The van der Waals surface area contributed by atoms with Gasteiger partial charge in [0.2, 0.25) is 15.9 Å². The van der Waals surface area contributed by atoms with E-state index in [2.05, 4.69) is 5.32 Å². The first-order valence-electron chi connectivity index (χ1n) is 7.70. The monoisotopic (exact) mass is 393 g/mol. The second-order valence-corrected chi connectivity index (χ2v) is 7.89. The molecule has 26 heavy (non-hydrogen) atoms. The minimum Gasteiger partial charge on any atom is -0.373 e. The number of imide groups is 1. The molecule has 0 aromatic heterocycles. The molecule has 1 saturated heterocycles. The van der Waals surface area contributed by atoms with Crippen molar-refractivity contribution in [2.24, 2.45) is 5.14 Å². The maximum Gasteiger partial charge on any atom is 0.256 e. The van der Waals surface area contributed by atoms with Crippen LogP contribution in [0, 0.1) is 6.92 Å². The highest BCUT2D eigenvalue weighted by atomic mass is 35.5. The van der Waals surface area contributed by atoms with Crippen molar-refractivity contribution in [3.63, 3.8) is 0 Å². The number of nitrogens with zero attached hydrogens (tertiary/aromatic N) is 1. The number of halogens is 1. The van der Waals surface area contributed by atoms with Crippen molar-refractivity contribution in [2.45, 2.75) is 24.3 Å². The van der Waals surface area contributed by atoms with Gasteiger partial charge >= 0.3 is 0 Å². The molecule has 0 unspecified atom stereocenters. The average Bonchev–Trinajstić information content (AvgIpc) is 2.84. The van der Waals surface area contributed by atoms with Gasteiger partial charge in [-0.2, -0.15) is 0 Å². The number of nitrogens with one attached hydrogen (secondary N) is 1. The Labute approximate surface area is 155 Å². The third-order valence-corrected chi connectivity index (χ3v) is 5.49. The molecule has 2 aromatic carbocycles. The molecule has 0 radical (unpaired) electrons. The zero-order valence-corrected chi connectivity index (χ0v) is 15.3. The average molecular weight is 394 g/mol. The Balaban J connectivity index is 1.82. The minimum atomic E-state index is -3.79. The molecule has 1 atom stereocenters. The Morgan fingerprint density at radius 3 is 2.42 bits per heavy atom. The van der Waals surface area contributed by atoms with Crippen LogP contribution in [0.1, 0.15) is 12.0 Å². The smallest absolute Gasteiger partial charge is 0.256 e. The summed E-state index contributed by atoms with van der Waals surface area (Å²) < 4.78 is 22.6. The quantitative estimate of drug-likeness (QED) is 0.772. The fourth-order valence-corrected chi connectivity index (χ4v) is 3.46. The van der Waals surface area contributed by atoms with Crippen molar-refractivity contribution in [2.75, 3.05) is 10.2 Å². The molecule has 0 bridgehead atoms. The molecule has 1 aliphatic heterocycles. The normalized spacial score (nSPS) is 17.7. The van der Waals surface area contributed by atoms with Gasteiger partial charge in [-0.15, -0.1) is 0 Å². The highest BCUT2D eigenvalue weighted by molar-refractivity contribution is 7.89. The number of hydrogen-bond donors (Lipinski definition) is 2. The molecule has 1 heterocycles. The van der Waals surface area contributed by atoms with Crippen LogP contribution in [-0.4, -0.2) is 26.3 Å². The molecule has 9 heteroatoms. The van der Waals surface area contributed by atoms with E-state index in [9.17, 15) is 18.0 Å². The summed E-state index contributed by atoms with van der Waals surface area (Å²) in [6.07, 6.45) is -0.0122. The Kier molecular flexibility index (Phi) is 4.74. The summed E-state index contributed by atoms with van der Waals surface area (Å²) in [7, 11) is -3.79. The fourth-order valence-electron chi connectivity index (χ4n) is 2.78. The maximum atomic E-state index is 12.7. The number of amides is 2. The summed E-state index contributed by atoms with van der Waals surface area (Å²) in [6.45, 7) is 1.74. The maximum absolute atomic E-state index is 12.7. The van der Waals surface area contributed by atoms with Crippen molar-refractivity contribution < 1.29 is 18.0 Å². The largest absolute Gasteiger partial charge is 0.373 e. The lowest BCUT2D eigenvalue weighted by atomic mass is 10.2. The summed E-state index contributed by atoms with van der Waals surface area (Å²) in [5, 5.41) is 8.48. The van der Waals surface area contributed by atoms with Gasteiger partial charge in [0.15, 0.2) is 0 Å². The van der Waals surface area contributed by atoms with Gasteiger partial charge in [0, 0.05) is 10.7 Å². The summed E-state index contributed by atoms with van der Waals surface area (Å²) in [4.78, 5) is 26.1. The summed E-state index contributed by atoms with van der Waals surface area (Å²) >= 11 is 6.08. The van der Waals surface area contributed by atoms with E-state index in [1.165, 1.54) is 24.3 Å². The molecule has 2 aromatic rings. The zero-order valence-electron chi connectivity index (χ0n) is 13.8. The van der Waals surface area contributed by atoms with Crippen LogP contribution in [0.2, 0.25) is 5.02 Å². The lowest BCUT2D eigenvalue weighted by Gasteiger charge is -2.18. The molecule has 1 aliphatic rings. The van der Waals surface area contributed by atoms with Crippen molar-refractivity contribution in [3.8, 4) is 0 Å². The number of sulfonamides is 1. The van der Waals surface area contributed by atoms with Gasteiger partial charge in [0.25, 0.3) is 5.91 Å². The lowest BCUT2D eigenvalue weighted by molar-refractivity contribution is -0.121. The van der Waals surface area contributed by atoms with Crippen LogP contribution >= 0.6 is 11.6 Å². The number of benzene rings is 2. The molecular weight excluding hydrogens is 378 g/mol. The van der Waals surface area contributed by atoms with Gasteiger partial charge in [-0.1, -0.05) is 17.7 Å². The van der Waals surface area contributed by atoms with E-state index in [1.54, 1.807) is 25.1 Å². The van der Waals surface area contributed by atoms with E-state index in [0.29, 0.717) is 22.0 Å². The Morgan fingerprint density at radius 2 is 1.81 bits per heavy atom. The van der Waals surface area contributed by atoms with E-state index in [0.717, 1.165) is 4.90 Å². The molecule has 0 saturated carbocycles. The molecular formula is C17H16ClN3O4S. The molecule has 3 rings (SSSR count). The molecule has 2 amide bonds. The Bertz CT molecular complexity index is 990. The van der Waals surface area contributed by atoms with Gasteiger partial charge < -0.3 is 5.32 Å². The highest BCUT2D eigenvalue weighted by Gasteiger charge is 2.40. The fraction of sp³-hybridized carbons (Fsp3) is 0.176. The van der Waals surface area contributed by atoms with E-state index >= 15 is 0 Å². The molecule has 136 valence electrons. The van der Waals surface area contributed by atoms with Crippen LogP contribution in [0.4, 0.5) is 11.4 Å². The van der Waals surface area contributed by atoms with Crippen LogP contribution in [-0.2, 0) is 19.6 Å². The van der Waals surface area contributed by atoms with Gasteiger partial charge in [0.05, 0.1) is 17.0 Å². The number of nitrogens with two attached hydrogens (primary N) is 1. The first kappa shape index (κ1) is 18.4. The SMILES string of the molecule is Cc1c(Cl)cccc1N1C(=O)C[C@H](Nc2ccc(S(N)(=O)=O)cc2)C1=O. The number of primary sulfonamides is 1. The van der Waals surface area contributed by atoms with Gasteiger partial charge in [-0.3, -0.25) is 9.59 Å². The summed E-state index contributed by atoms with van der Waals surface area (Å²) in [5.41, 5.74) is 1.61. The number of anilines is 2. The van der Waals surface area contributed by atoms with Crippen molar-refractivity contribution in [1.82, 2.24) is 0 Å². The van der Waals surface area contributed by atoms with Crippen molar-refractivity contribution >= 4 is 44.8 Å². The molecule has 1 fully saturated rings. The number of carbonyl (C=O) groups excluding carboxylic acids is 2. The molecule has 0 spiro atoms. The second-order valence-electron chi connectivity index (χ2n) is 5.92. The minimum absolute atomic E-state index is 0.0122. The Hall–Kier alpha value is -2.42. The van der Waals surface area contributed by atoms with E-state index in [1.807, 2.05) is 0 Å². The van der Waals surface area contributed by atoms with Gasteiger partial charge in [0.1, 0.15) is 6.04 Å². The first-order valence-corrected chi connectivity index (χ1v) is 9.62. The summed E-state index contributed by atoms with van der Waals surface area (Å²) in [6, 6.07) is 9.93. The zero-order chi connectivity index (χ0) is 19.1. The third kappa shape index (κ3) is 3.44. The first-order chi connectivity index (χ1) is 12.2. The number of rotatable bonds is 4. The predicted octanol–water partition coefficient (Wildman–Crippen LogP) is 2.04. The van der Waals surface area contributed by atoms with E-state index in [-0.39, 0.29) is 17.2 Å². The molecule has 3 N–H and O–H groups in total. The summed E-state index contributed by atoms with van der Waals surface area (Å²) in [5.74, 6) is -0.727. The van der Waals surface area contributed by atoms with E-state index in [4.69, 9.17) is 16.7 Å². The van der Waals surface area contributed by atoms with Crippen molar-refractivity contribution in [1.29, 1.82) is 0 Å². The van der Waals surface area contributed by atoms with Crippen molar-refractivity contribution in [3.05, 3.63) is 53.1 Å². The third-order valence-electron chi connectivity index (χ3n) is 4.15. The molecule has 7 nitrogen and oxygen atoms in total. The number of hydrogen-bond acceptors (Lipinski definition) is 5. The predicted molar refractivity (Wildman–Crippen MR) is 98.5 cm³/mol. The lowest BCUT2D eigenvalue weighted by Crippen LogP contribution is -2.35.